The van der Waals surface area contributed by atoms with Crippen LogP contribution in [0, 0.1) is 0 Å². The van der Waals surface area contributed by atoms with Gasteiger partial charge in [-0.15, -0.1) is 11.3 Å². The maximum atomic E-state index is 11.8. The van der Waals surface area contributed by atoms with Gasteiger partial charge in [0.05, 0.1) is 4.88 Å². The van der Waals surface area contributed by atoms with Crippen molar-refractivity contribution in [2.45, 2.75) is 13.8 Å². The molecule has 0 spiro atoms. The molecule has 0 atom stereocenters. The molecule has 1 amide bonds. The van der Waals surface area contributed by atoms with Gasteiger partial charge in [-0.05, 0) is 40.2 Å². The SMILES string of the molecule is CC.Nc1cc(Cl)cc(NC(=O)c2cc(Br)cs2)c1. The average Bonchev–Trinajstić information content (AvgIpc) is 2.77. The van der Waals surface area contributed by atoms with E-state index in [1.54, 1.807) is 24.3 Å². The quantitative estimate of drug-likeness (QED) is 0.737. The van der Waals surface area contributed by atoms with Crippen LogP contribution in [0.4, 0.5) is 11.4 Å². The van der Waals surface area contributed by atoms with Crippen LogP contribution in [0.2, 0.25) is 5.02 Å². The van der Waals surface area contributed by atoms with Crippen molar-refractivity contribution >= 4 is 56.1 Å². The van der Waals surface area contributed by atoms with Crippen LogP contribution in [0.25, 0.3) is 0 Å². The third kappa shape index (κ3) is 4.86. The second-order valence-electron chi connectivity index (χ2n) is 3.36. The summed E-state index contributed by atoms with van der Waals surface area (Å²) in [6.07, 6.45) is 0. The van der Waals surface area contributed by atoms with Crippen molar-refractivity contribution in [3.8, 4) is 0 Å². The minimum absolute atomic E-state index is 0.178. The van der Waals surface area contributed by atoms with E-state index in [-0.39, 0.29) is 5.91 Å². The molecule has 0 aliphatic rings. The molecule has 19 heavy (non-hydrogen) atoms. The van der Waals surface area contributed by atoms with Crippen LogP contribution in [-0.2, 0) is 0 Å². The van der Waals surface area contributed by atoms with Crippen molar-refractivity contribution in [1.29, 1.82) is 0 Å². The summed E-state index contributed by atoms with van der Waals surface area (Å²) in [5, 5.41) is 5.08. The number of nitrogens with one attached hydrogen (secondary N) is 1. The van der Waals surface area contributed by atoms with E-state index < -0.39 is 0 Å². The molecule has 1 aromatic heterocycles. The fourth-order valence-corrected chi connectivity index (χ4v) is 2.87. The van der Waals surface area contributed by atoms with Crippen molar-refractivity contribution < 1.29 is 4.79 Å². The van der Waals surface area contributed by atoms with Crippen molar-refractivity contribution in [1.82, 2.24) is 0 Å². The minimum Gasteiger partial charge on any atom is -0.399 e. The van der Waals surface area contributed by atoms with Gasteiger partial charge in [0.1, 0.15) is 0 Å². The van der Waals surface area contributed by atoms with Crippen molar-refractivity contribution in [2.24, 2.45) is 0 Å². The summed E-state index contributed by atoms with van der Waals surface area (Å²) in [5.41, 5.74) is 6.74. The second-order valence-corrected chi connectivity index (χ2v) is 5.62. The number of hydrogen-bond donors (Lipinski definition) is 2. The number of rotatable bonds is 2. The lowest BCUT2D eigenvalue weighted by molar-refractivity contribution is 0.103. The van der Waals surface area contributed by atoms with Crippen LogP contribution in [0.1, 0.15) is 23.5 Å². The number of anilines is 2. The lowest BCUT2D eigenvalue weighted by Crippen LogP contribution is -2.10. The molecule has 2 aromatic rings. The van der Waals surface area contributed by atoms with Gasteiger partial charge >= 0.3 is 0 Å². The molecule has 0 saturated heterocycles. The molecule has 0 aliphatic heterocycles. The van der Waals surface area contributed by atoms with Gasteiger partial charge in [-0.25, -0.2) is 0 Å². The molecule has 2 rings (SSSR count). The standard InChI is InChI=1S/C11H8BrClN2OS.C2H6/c12-6-1-10(17-5-6)11(16)15-9-3-7(13)2-8(14)4-9;1-2/h1-5H,14H2,(H,15,16);1-2H3. The van der Waals surface area contributed by atoms with Gasteiger partial charge < -0.3 is 11.1 Å². The lowest BCUT2D eigenvalue weighted by Gasteiger charge is -2.05. The molecule has 0 aliphatic carbocycles. The van der Waals surface area contributed by atoms with Crippen molar-refractivity contribution in [3.05, 3.63) is 44.0 Å². The molecule has 0 unspecified atom stereocenters. The summed E-state index contributed by atoms with van der Waals surface area (Å²) in [4.78, 5) is 12.5. The van der Waals surface area contributed by atoms with Crippen LogP contribution >= 0.6 is 38.9 Å². The lowest BCUT2D eigenvalue weighted by atomic mass is 10.3. The van der Waals surface area contributed by atoms with Crippen LogP contribution in [0.15, 0.2) is 34.1 Å². The summed E-state index contributed by atoms with van der Waals surface area (Å²) in [5.74, 6) is -0.178. The van der Waals surface area contributed by atoms with E-state index in [0.29, 0.717) is 21.3 Å². The molecular weight excluding hydrogens is 348 g/mol. The Morgan fingerprint density at radius 1 is 1.32 bits per heavy atom. The Labute approximate surface area is 129 Å². The van der Waals surface area contributed by atoms with Gasteiger partial charge in [0.25, 0.3) is 5.91 Å². The Morgan fingerprint density at radius 3 is 2.53 bits per heavy atom. The molecule has 0 radical (unpaired) electrons. The summed E-state index contributed by atoms with van der Waals surface area (Å²) >= 11 is 10.5. The zero-order valence-corrected chi connectivity index (χ0v) is 13.7. The third-order valence-corrected chi connectivity index (χ3v) is 3.88. The fraction of sp³-hybridized carbons (Fsp3) is 0.154. The molecular formula is C13H14BrClN2OS. The van der Waals surface area contributed by atoms with Crippen molar-refractivity contribution in [2.75, 3.05) is 11.1 Å². The first-order valence-corrected chi connectivity index (χ1v) is 7.71. The van der Waals surface area contributed by atoms with E-state index in [4.69, 9.17) is 17.3 Å². The van der Waals surface area contributed by atoms with E-state index in [0.717, 1.165) is 4.47 Å². The molecule has 1 aromatic carbocycles. The van der Waals surface area contributed by atoms with Gasteiger partial charge in [0, 0.05) is 26.3 Å². The van der Waals surface area contributed by atoms with Gasteiger partial charge in [0.2, 0.25) is 0 Å². The van der Waals surface area contributed by atoms with E-state index >= 15 is 0 Å². The molecule has 3 nitrogen and oxygen atoms in total. The molecule has 0 bridgehead atoms. The van der Waals surface area contributed by atoms with Gasteiger partial charge in [0.15, 0.2) is 0 Å². The first-order valence-electron chi connectivity index (χ1n) is 5.66. The zero-order valence-electron chi connectivity index (χ0n) is 10.5. The molecule has 1 heterocycles. The summed E-state index contributed by atoms with van der Waals surface area (Å²) in [6, 6.07) is 6.69. The number of benzene rings is 1. The zero-order chi connectivity index (χ0) is 14.4. The van der Waals surface area contributed by atoms with E-state index in [2.05, 4.69) is 21.2 Å². The highest BCUT2D eigenvalue weighted by molar-refractivity contribution is 9.10. The number of amides is 1. The molecule has 102 valence electrons. The predicted octanol–water partition coefficient (Wildman–Crippen LogP) is 5.02. The van der Waals surface area contributed by atoms with Crippen LogP contribution in [0.5, 0.6) is 0 Å². The summed E-state index contributed by atoms with van der Waals surface area (Å²) in [7, 11) is 0. The van der Waals surface area contributed by atoms with Crippen molar-refractivity contribution in [3.63, 3.8) is 0 Å². The van der Waals surface area contributed by atoms with Gasteiger partial charge in [-0.3, -0.25) is 4.79 Å². The van der Waals surface area contributed by atoms with Crippen LogP contribution < -0.4 is 11.1 Å². The van der Waals surface area contributed by atoms with E-state index in [9.17, 15) is 4.79 Å². The Kier molecular flexibility index (Phi) is 6.34. The Bertz CT molecular complexity index is 551. The second kappa shape index (κ2) is 7.53. The van der Waals surface area contributed by atoms with E-state index in [1.807, 2.05) is 19.2 Å². The number of nitrogens with two attached hydrogens (primary N) is 1. The highest BCUT2D eigenvalue weighted by Crippen LogP contribution is 2.23. The highest BCUT2D eigenvalue weighted by Gasteiger charge is 2.09. The average molecular weight is 362 g/mol. The number of nitrogen functional groups attached to an aromatic ring is 1. The summed E-state index contributed by atoms with van der Waals surface area (Å²) in [6.45, 7) is 4.00. The maximum absolute atomic E-state index is 11.8. The first-order chi connectivity index (χ1) is 9.04. The molecule has 3 N–H and O–H groups in total. The van der Waals surface area contributed by atoms with Crippen LogP contribution in [0.3, 0.4) is 0 Å². The minimum atomic E-state index is -0.178. The molecule has 0 fully saturated rings. The maximum Gasteiger partial charge on any atom is 0.265 e. The highest BCUT2D eigenvalue weighted by atomic mass is 79.9. The van der Waals surface area contributed by atoms with Gasteiger partial charge in [-0.2, -0.15) is 0 Å². The number of carbonyl (C=O) groups is 1. The van der Waals surface area contributed by atoms with E-state index in [1.165, 1.54) is 11.3 Å². The smallest absolute Gasteiger partial charge is 0.265 e. The fourth-order valence-electron chi connectivity index (χ4n) is 1.31. The number of thiophene rings is 1. The summed E-state index contributed by atoms with van der Waals surface area (Å²) < 4.78 is 0.887. The Balaban J connectivity index is 0.000000861. The number of hydrogen-bond acceptors (Lipinski definition) is 3. The van der Waals surface area contributed by atoms with Gasteiger partial charge in [-0.1, -0.05) is 25.4 Å². The molecule has 6 heteroatoms. The normalized spacial score (nSPS) is 9.47. The Morgan fingerprint density at radius 2 is 2.00 bits per heavy atom. The number of carbonyl (C=O) groups excluding carboxylic acids is 1. The first kappa shape index (κ1) is 16.0. The number of halogens is 2. The molecule has 0 saturated carbocycles. The topological polar surface area (TPSA) is 55.1 Å². The van der Waals surface area contributed by atoms with Crippen LogP contribution in [-0.4, -0.2) is 5.91 Å². The third-order valence-electron chi connectivity index (χ3n) is 1.97. The predicted molar refractivity (Wildman–Crippen MR) is 87.2 cm³/mol. The Hall–Kier alpha value is -1.04. The largest absolute Gasteiger partial charge is 0.399 e. The monoisotopic (exact) mass is 360 g/mol.